The maximum absolute atomic E-state index is 12.4. The van der Waals surface area contributed by atoms with Crippen LogP contribution in [0.15, 0.2) is 48.7 Å². The third-order valence-electron chi connectivity index (χ3n) is 3.91. The molecule has 4 nitrogen and oxygen atoms in total. The molecule has 0 fully saturated rings. The lowest BCUT2D eigenvalue weighted by Gasteiger charge is -2.11. The summed E-state index contributed by atoms with van der Waals surface area (Å²) in [6, 6.07) is 11.6. The average Bonchev–Trinajstić information content (AvgIpc) is 2.95. The Hall–Kier alpha value is -2.30. The van der Waals surface area contributed by atoms with Gasteiger partial charge in [0.25, 0.3) is 0 Å². The fourth-order valence-electron chi connectivity index (χ4n) is 2.67. The number of Topliss-reactive ketones (excluding diaryl/α,β-unsaturated/α-hetero) is 1. The van der Waals surface area contributed by atoms with Gasteiger partial charge in [-0.25, -0.2) is 0 Å². The third-order valence-corrected chi connectivity index (χ3v) is 4.39. The molecule has 0 saturated heterocycles. The number of hydrogen-bond acceptors (Lipinski definition) is 2. The van der Waals surface area contributed by atoms with Crippen molar-refractivity contribution in [3.05, 3.63) is 69.8 Å². The summed E-state index contributed by atoms with van der Waals surface area (Å²) in [5, 5.41) is 11.3. The molecule has 0 aliphatic carbocycles. The van der Waals surface area contributed by atoms with Crippen LogP contribution in [0.5, 0.6) is 0 Å². The molecule has 1 heterocycles. The van der Waals surface area contributed by atoms with E-state index >= 15 is 0 Å². The first-order chi connectivity index (χ1) is 11.5. The molecule has 1 atom stereocenters. The van der Waals surface area contributed by atoms with Gasteiger partial charge in [0.15, 0.2) is 5.78 Å². The molecular formula is C18H13Cl2NO3. The van der Waals surface area contributed by atoms with E-state index in [0.29, 0.717) is 26.6 Å². The van der Waals surface area contributed by atoms with Gasteiger partial charge in [-0.05, 0) is 48.0 Å². The molecule has 0 spiro atoms. The molecule has 24 heavy (non-hydrogen) atoms. The molecule has 0 aliphatic rings. The highest BCUT2D eigenvalue weighted by Crippen LogP contribution is 2.31. The van der Waals surface area contributed by atoms with Gasteiger partial charge in [-0.1, -0.05) is 23.2 Å². The maximum atomic E-state index is 12.4. The highest BCUT2D eigenvalue weighted by atomic mass is 35.5. The molecule has 122 valence electrons. The van der Waals surface area contributed by atoms with E-state index in [2.05, 4.69) is 4.98 Å². The van der Waals surface area contributed by atoms with E-state index in [1.165, 1.54) is 0 Å². The van der Waals surface area contributed by atoms with Gasteiger partial charge in [-0.2, -0.15) is 0 Å². The second kappa shape index (κ2) is 6.67. The lowest BCUT2D eigenvalue weighted by atomic mass is 9.91. The van der Waals surface area contributed by atoms with Crippen LogP contribution in [0, 0.1) is 0 Å². The Morgan fingerprint density at radius 1 is 1.04 bits per heavy atom. The number of nitrogens with one attached hydrogen (secondary N) is 1. The largest absolute Gasteiger partial charge is 0.481 e. The SMILES string of the molecule is O=C(CC(C(=O)O)c1c[nH]c2ccc(Cl)cc12)c1ccc(Cl)cc1. The number of halogens is 2. The minimum absolute atomic E-state index is 0.142. The number of H-pyrrole nitrogens is 1. The molecule has 1 aromatic heterocycles. The number of aliphatic carboxylic acids is 1. The van der Waals surface area contributed by atoms with Crippen LogP contribution in [0.1, 0.15) is 28.3 Å². The van der Waals surface area contributed by atoms with Gasteiger partial charge in [-0.15, -0.1) is 0 Å². The average molecular weight is 362 g/mol. The van der Waals surface area contributed by atoms with E-state index in [4.69, 9.17) is 23.2 Å². The van der Waals surface area contributed by atoms with Gasteiger partial charge in [0.05, 0.1) is 5.92 Å². The monoisotopic (exact) mass is 361 g/mol. The van der Waals surface area contributed by atoms with Crippen LogP contribution in [-0.2, 0) is 4.79 Å². The quantitative estimate of drug-likeness (QED) is 0.633. The molecule has 0 saturated carbocycles. The number of aromatic nitrogens is 1. The minimum Gasteiger partial charge on any atom is -0.481 e. The summed E-state index contributed by atoms with van der Waals surface area (Å²) in [4.78, 5) is 27.2. The molecular weight excluding hydrogens is 349 g/mol. The predicted octanol–water partition coefficient (Wildman–Crippen LogP) is 4.92. The van der Waals surface area contributed by atoms with E-state index in [1.807, 2.05) is 0 Å². The second-order valence-electron chi connectivity index (χ2n) is 5.46. The highest BCUT2D eigenvalue weighted by molar-refractivity contribution is 6.31. The fraction of sp³-hybridized carbons (Fsp3) is 0.111. The molecule has 0 amide bonds. The summed E-state index contributed by atoms with van der Waals surface area (Å²) in [5.41, 5.74) is 1.76. The number of carbonyl (C=O) groups excluding carboxylic acids is 1. The van der Waals surface area contributed by atoms with Crippen LogP contribution in [0.25, 0.3) is 10.9 Å². The summed E-state index contributed by atoms with van der Waals surface area (Å²) < 4.78 is 0. The molecule has 6 heteroatoms. The third kappa shape index (κ3) is 3.30. The smallest absolute Gasteiger partial charge is 0.311 e. The van der Waals surface area contributed by atoms with Crippen molar-refractivity contribution in [2.75, 3.05) is 0 Å². The lowest BCUT2D eigenvalue weighted by molar-refractivity contribution is -0.138. The van der Waals surface area contributed by atoms with Crippen LogP contribution in [0.2, 0.25) is 10.0 Å². The Kier molecular flexibility index (Phi) is 4.60. The van der Waals surface area contributed by atoms with Gasteiger partial charge in [0.2, 0.25) is 0 Å². The molecule has 2 aromatic carbocycles. The van der Waals surface area contributed by atoms with Gasteiger partial charge < -0.3 is 10.1 Å². The summed E-state index contributed by atoms with van der Waals surface area (Å²) >= 11 is 11.8. The second-order valence-corrected chi connectivity index (χ2v) is 6.33. The lowest BCUT2D eigenvalue weighted by Crippen LogP contribution is -2.16. The standard InChI is InChI=1S/C18H13Cl2NO3/c19-11-3-1-10(2-4-11)17(22)8-14(18(23)24)15-9-21-16-6-5-12(20)7-13(15)16/h1-7,9,14,21H,8H2,(H,23,24). The van der Waals surface area contributed by atoms with E-state index in [1.54, 1.807) is 48.7 Å². The van der Waals surface area contributed by atoms with Gasteiger partial charge in [0, 0.05) is 39.1 Å². The first-order valence-corrected chi connectivity index (χ1v) is 7.99. The Labute approximate surface area is 148 Å². The van der Waals surface area contributed by atoms with Crippen LogP contribution < -0.4 is 0 Å². The zero-order valence-electron chi connectivity index (χ0n) is 12.4. The molecule has 1 unspecified atom stereocenters. The number of hydrogen-bond donors (Lipinski definition) is 2. The van der Waals surface area contributed by atoms with Crippen molar-refractivity contribution in [3.8, 4) is 0 Å². The van der Waals surface area contributed by atoms with Crippen molar-refractivity contribution >= 4 is 45.9 Å². The Morgan fingerprint density at radius 3 is 2.38 bits per heavy atom. The zero-order valence-corrected chi connectivity index (χ0v) is 13.9. The van der Waals surface area contributed by atoms with Crippen molar-refractivity contribution in [2.24, 2.45) is 0 Å². The summed E-state index contributed by atoms with van der Waals surface area (Å²) in [7, 11) is 0. The molecule has 0 aliphatic heterocycles. The molecule has 2 N–H and O–H groups in total. The molecule has 0 radical (unpaired) electrons. The van der Waals surface area contributed by atoms with E-state index in [0.717, 1.165) is 5.52 Å². The van der Waals surface area contributed by atoms with Crippen molar-refractivity contribution in [1.82, 2.24) is 4.98 Å². The highest BCUT2D eigenvalue weighted by Gasteiger charge is 2.26. The summed E-state index contributed by atoms with van der Waals surface area (Å²) in [6.07, 6.45) is 1.48. The first-order valence-electron chi connectivity index (χ1n) is 7.24. The Morgan fingerprint density at radius 2 is 1.71 bits per heavy atom. The van der Waals surface area contributed by atoms with Crippen molar-refractivity contribution in [1.29, 1.82) is 0 Å². The zero-order chi connectivity index (χ0) is 17.3. The fourth-order valence-corrected chi connectivity index (χ4v) is 2.97. The number of aromatic amines is 1. The van der Waals surface area contributed by atoms with Crippen LogP contribution >= 0.6 is 23.2 Å². The molecule has 3 rings (SSSR count). The number of carbonyl (C=O) groups is 2. The van der Waals surface area contributed by atoms with Gasteiger partial charge in [0.1, 0.15) is 0 Å². The normalized spacial score (nSPS) is 12.2. The van der Waals surface area contributed by atoms with Crippen LogP contribution in [-0.4, -0.2) is 21.8 Å². The van der Waals surface area contributed by atoms with Gasteiger partial charge in [-0.3, -0.25) is 9.59 Å². The number of carboxylic acids is 1. The number of benzene rings is 2. The number of fused-ring (bicyclic) bond motifs is 1. The minimum atomic E-state index is -1.06. The molecule has 0 bridgehead atoms. The van der Waals surface area contributed by atoms with Crippen LogP contribution in [0.4, 0.5) is 0 Å². The number of rotatable bonds is 5. The van der Waals surface area contributed by atoms with E-state index in [9.17, 15) is 14.7 Å². The molecule has 3 aromatic rings. The topological polar surface area (TPSA) is 70.2 Å². The summed E-state index contributed by atoms with van der Waals surface area (Å²) in [5.74, 6) is -2.27. The van der Waals surface area contributed by atoms with Gasteiger partial charge >= 0.3 is 5.97 Å². The number of carboxylic acid groups (broad SMARTS) is 1. The maximum Gasteiger partial charge on any atom is 0.311 e. The Bertz CT molecular complexity index is 916. The number of ketones is 1. The van der Waals surface area contributed by atoms with Crippen molar-refractivity contribution in [2.45, 2.75) is 12.3 Å². The van der Waals surface area contributed by atoms with Crippen molar-refractivity contribution < 1.29 is 14.7 Å². The van der Waals surface area contributed by atoms with E-state index in [-0.39, 0.29) is 12.2 Å². The van der Waals surface area contributed by atoms with Crippen molar-refractivity contribution in [3.63, 3.8) is 0 Å². The Balaban J connectivity index is 1.94. The first kappa shape index (κ1) is 16.6. The predicted molar refractivity (Wildman–Crippen MR) is 94.1 cm³/mol. The van der Waals surface area contributed by atoms with Crippen LogP contribution in [0.3, 0.4) is 0 Å². The summed E-state index contributed by atoms with van der Waals surface area (Å²) in [6.45, 7) is 0. The van der Waals surface area contributed by atoms with E-state index < -0.39 is 11.9 Å².